The minimum Gasteiger partial charge on any atom is -0.486 e. The van der Waals surface area contributed by atoms with Gasteiger partial charge in [-0.3, -0.25) is 9.78 Å². The van der Waals surface area contributed by atoms with Gasteiger partial charge in [0.25, 0.3) is 0 Å². The Bertz CT molecular complexity index is 1130. The zero-order valence-electron chi connectivity index (χ0n) is 16.2. The number of hydrogen-bond donors (Lipinski definition) is 0. The Hall–Kier alpha value is -3.22. The molecule has 3 heterocycles. The standard InChI is InChI=1S/C23H20F2N2O3/c24-16-2-3-17(25)22-21(16)18(5-8-26-22)27-9-6-14(7-10-27)23(28)15-1-4-19-20(13-15)30-12-11-29-19/h1-5,8,13-14H,6-7,9-12H2. The van der Waals surface area contributed by atoms with Gasteiger partial charge in [-0.25, -0.2) is 8.78 Å². The van der Waals surface area contributed by atoms with E-state index in [1.165, 1.54) is 6.20 Å². The van der Waals surface area contributed by atoms with Crippen molar-refractivity contribution in [1.29, 1.82) is 0 Å². The summed E-state index contributed by atoms with van der Waals surface area (Å²) in [6.45, 7) is 2.14. The molecule has 0 atom stereocenters. The van der Waals surface area contributed by atoms with Crippen LogP contribution in [0, 0.1) is 17.6 Å². The Kier molecular flexibility index (Phi) is 4.73. The van der Waals surface area contributed by atoms with Crippen molar-refractivity contribution in [1.82, 2.24) is 4.98 Å². The quantitative estimate of drug-likeness (QED) is 0.600. The molecule has 5 rings (SSSR count). The number of halogens is 2. The van der Waals surface area contributed by atoms with Crippen LogP contribution in [0.15, 0.2) is 42.6 Å². The number of carbonyl (C=O) groups excluding carboxylic acids is 1. The fraction of sp³-hybridized carbons (Fsp3) is 0.304. The molecular weight excluding hydrogens is 390 g/mol. The zero-order chi connectivity index (χ0) is 20.7. The average Bonchev–Trinajstić information content (AvgIpc) is 2.80. The summed E-state index contributed by atoms with van der Waals surface area (Å²) < 4.78 is 39.6. The van der Waals surface area contributed by atoms with Crippen molar-refractivity contribution in [3.63, 3.8) is 0 Å². The van der Waals surface area contributed by atoms with Gasteiger partial charge in [0.1, 0.15) is 30.4 Å². The largest absolute Gasteiger partial charge is 0.486 e. The van der Waals surface area contributed by atoms with E-state index in [0.29, 0.717) is 61.9 Å². The third kappa shape index (κ3) is 3.24. The molecule has 30 heavy (non-hydrogen) atoms. The van der Waals surface area contributed by atoms with Gasteiger partial charge in [0.05, 0.1) is 11.1 Å². The van der Waals surface area contributed by atoms with Crippen molar-refractivity contribution in [2.24, 2.45) is 5.92 Å². The third-order valence-corrected chi connectivity index (χ3v) is 5.80. The van der Waals surface area contributed by atoms with Crippen LogP contribution in [-0.2, 0) is 0 Å². The van der Waals surface area contributed by atoms with Gasteiger partial charge >= 0.3 is 0 Å². The maximum absolute atomic E-state index is 14.4. The summed E-state index contributed by atoms with van der Waals surface area (Å²) >= 11 is 0. The summed E-state index contributed by atoms with van der Waals surface area (Å²) in [7, 11) is 0. The summed E-state index contributed by atoms with van der Waals surface area (Å²) in [5, 5.41) is 0.189. The van der Waals surface area contributed by atoms with Gasteiger partial charge in [0, 0.05) is 30.8 Å². The number of benzene rings is 2. The number of fused-ring (bicyclic) bond motifs is 2. The Morgan fingerprint density at radius 3 is 2.50 bits per heavy atom. The van der Waals surface area contributed by atoms with Crippen LogP contribution >= 0.6 is 0 Å². The second-order valence-corrected chi connectivity index (χ2v) is 7.57. The number of pyridine rings is 1. The zero-order valence-corrected chi connectivity index (χ0v) is 16.2. The van der Waals surface area contributed by atoms with Gasteiger partial charge in [-0.1, -0.05) is 0 Å². The molecular formula is C23H20F2N2O3. The molecule has 0 N–H and O–H groups in total. The maximum Gasteiger partial charge on any atom is 0.166 e. The number of hydrogen-bond acceptors (Lipinski definition) is 5. The normalized spacial score (nSPS) is 16.7. The molecule has 2 aliphatic heterocycles. The van der Waals surface area contributed by atoms with E-state index in [0.717, 1.165) is 12.1 Å². The predicted molar refractivity (Wildman–Crippen MR) is 108 cm³/mol. The lowest BCUT2D eigenvalue weighted by Crippen LogP contribution is -2.36. The van der Waals surface area contributed by atoms with Gasteiger partial charge in [0.2, 0.25) is 0 Å². The lowest BCUT2D eigenvalue weighted by atomic mass is 9.88. The minimum atomic E-state index is -0.545. The molecule has 5 nitrogen and oxygen atoms in total. The molecule has 2 aromatic carbocycles. The van der Waals surface area contributed by atoms with E-state index in [9.17, 15) is 13.6 Å². The summed E-state index contributed by atoms with van der Waals surface area (Å²) in [5.41, 5.74) is 1.25. The maximum atomic E-state index is 14.4. The van der Waals surface area contributed by atoms with Gasteiger partial charge in [-0.2, -0.15) is 0 Å². The molecule has 0 spiro atoms. The highest BCUT2D eigenvalue weighted by molar-refractivity contribution is 5.99. The number of nitrogens with zero attached hydrogens (tertiary/aromatic N) is 2. The summed E-state index contributed by atoms with van der Waals surface area (Å²) in [4.78, 5) is 19.0. The van der Waals surface area contributed by atoms with E-state index in [1.807, 2.05) is 4.90 Å². The van der Waals surface area contributed by atoms with Crippen LogP contribution in [0.1, 0.15) is 23.2 Å². The van der Waals surface area contributed by atoms with Crippen LogP contribution in [-0.4, -0.2) is 37.1 Å². The monoisotopic (exact) mass is 410 g/mol. The van der Waals surface area contributed by atoms with Crippen LogP contribution in [0.25, 0.3) is 10.9 Å². The van der Waals surface area contributed by atoms with E-state index in [2.05, 4.69) is 4.98 Å². The highest BCUT2D eigenvalue weighted by Crippen LogP contribution is 2.35. The number of carbonyl (C=O) groups is 1. The lowest BCUT2D eigenvalue weighted by molar-refractivity contribution is 0.0899. The van der Waals surface area contributed by atoms with Crippen molar-refractivity contribution in [3.05, 3.63) is 59.8 Å². The number of anilines is 1. The van der Waals surface area contributed by atoms with Crippen LogP contribution < -0.4 is 14.4 Å². The number of ketones is 1. The highest BCUT2D eigenvalue weighted by Gasteiger charge is 2.28. The molecule has 1 saturated heterocycles. The van der Waals surface area contributed by atoms with Crippen LogP contribution in [0.5, 0.6) is 11.5 Å². The van der Waals surface area contributed by atoms with Crippen LogP contribution in [0.2, 0.25) is 0 Å². The summed E-state index contributed by atoms with van der Waals surface area (Å²) in [6, 6.07) is 9.22. The smallest absolute Gasteiger partial charge is 0.166 e. The minimum absolute atomic E-state index is 0.0296. The Balaban J connectivity index is 1.34. The van der Waals surface area contributed by atoms with Crippen LogP contribution in [0.4, 0.5) is 14.5 Å². The molecule has 154 valence electrons. The molecule has 2 aliphatic rings. The molecule has 0 aliphatic carbocycles. The first-order chi connectivity index (χ1) is 14.6. The van der Waals surface area contributed by atoms with E-state index in [-0.39, 0.29) is 22.6 Å². The molecule has 0 bridgehead atoms. The molecule has 0 unspecified atom stereocenters. The van der Waals surface area contributed by atoms with Crippen molar-refractivity contribution < 1.29 is 23.0 Å². The van der Waals surface area contributed by atoms with Crippen molar-refractivity contribution in [2.75, 3.05) is 31.2 Å². The van der Waals surface area contributed by atoms with Gasteiger partial charge in [-0.05, 0) is 49.2 Å². The second kappa shape index (κ2) is 7.55. The molecule has 3 aromatic rings. The third-order valence-electron chi connectivity index (χ3n) is 5.80. The van der Waals surface area contributed by atoms with Gasteiger partial charge in [0.15, 0.2) is 17.3 Å². The number of rotatable bonds is 3. The first-order valence-corrected chi connectivity index (χ1v) is 10.0. The molecule has 1 fully saturated rings. The van der Waals surface area contributed by atoms with Crippen molar-refractivity contribution in [3.8, 4) is 11.5 Å². The van der Waals surface area contributed by atoms with Crippen molar-refractivity contribution >= 4 is 22.4 Å². The van der Waals surface area contributed by atoms with E-state index < -0.39 is 11.6 Å². The number of ether oxygens (including phenoxy) is 2. The predicted octanol–water partition coefficient (Wildman–Crippen LogP) is 4.38. The van der Waals surface area contributed by atoms with Crippen molar-refractivity contribution in [2.45, 2.75) is 12.8 Å². The fourth-order valence-corrected chi connectivity index (χ4v) is 4.26. The first kappa shape index (κ1) is 18.8. The van der Waals surface area contributed by atoms with E-state index in [1.54, 1.807) is 24.3 Å². The molecule has 0 radical (unpaired) electrons. The topological polar surface area (TPSA) is 51.7 Å². The van der Waals surface area contributed by atoms with Gasteiger partial charge < -0.3 is 14.4 Å². The summed E-state index contributed by atoms with van der Waals surface area (Å²) in [5.74, 6) is 0.166. The number of Topliss-reactive ketones (excluding diaryl/α,β-unsaturated/α-hetero) is 1. The second-order valence-electron chi connectivity index (χ2n) is 7.57. The van der Waals surface area contributed by atoms with Gasteiger partial charge in [-0.15, -0.1) is 0 Å². The highest BCUT2D eigenvalue weighted by atomic mass is 19.1. The molecule has 0 amide bonds. The number of aromatic nitrogens is 1. The SMILES string of the molecule is O=C(c1ccc2c(c1)OCCO2)C1CCN(c2ccnc3c(F)ccc(F)c23)CC1. The Morgan fingerprint density at radius 1 is 0.967 bits per heavy atom. The number of piperidine rings is 1. The molecule has 1 aromatic heterocycles. The first-order valence-electron chi connectivity index (χ1n) is 10.0. The fourth-order valence-electron chi connectivity index (χ4n) is 4.26. The van der Waals surface area contributed by atoms with E-state index >= 15 is 0 Å². The Labute approximate surface area is 172 Å². The van der Waals surface area contributed by atoms with E-state index in [4.69, 9.17) is 9.47 Å². The Morgan fingerprint density at radius 2 is 1.70 bits per heavy atom. The molecule has 7 heteroatoms. The van der Waals surface area contributed by atoms with Crippen LogP contribution in [0.3, 0.4) is 0 Å². The lowest BCUT2D eigenvalue weighted by Gasteiger charge is -2.33. The molecule has 0 saturated carbocycles. The summed E-state index contributed by atoms with van der Waals surface area (Å²) in [6.07, 6.45) is 2.76. The average molecular weight is 410 g/mol.